The second kappa shape index (κ2) is 50.2. The summed E-state index contributed by atoms with van der Waals surface area (Å²) in [7, 11) is 0. The van der Waals surface area contributed by atoms with Gasteiger partial charge in [-0.3, -0.25) is 0 Å². The van der Waals surface area contributed by atoms with Crippen LogP contribution in [0.2, 0.25) is 0 Å². The van der Waals surface area contributed by atoms with Gasteiger partial charge >= 0.3 is 37.7 Å². The number of hydrogen-bond donors (Lipinski definition) is 3. The van der Waals surface area contributed by atoms with Crippen LogP contribution < -0.4 is 10.2 Å². The first-order chi connectivity index (χ1) is 22.3. The van der Waals surface area contributed by atoms with Gasteiger partial charge in [0.25, 0.3) is 0 Å². The molecule has 0 rings (SSSR count). The molecule has 0 aliphatic heterocycles. The summed E-state index contributed by atoms with van der Waals surface area (Å²) in [6, 6.07) is 0. The van der Waals surface area contributed by atoms with Crippen molar-refractivity contribution in [3.05, 3.63) is 12.2 Å². The maximum absolute atomic E-state index is 10.2. The fourth-order valence-electron chi connectivity index (χ4n) is 5.04. The molecule has 0 saturated carbocycles. The summed E-state index contributed by atoms with van der Waals surface area (Å²) >= 11 is 0. The van der Waals surface area contributed by atoms with E-state index in [0.717, 1.165) is 32.1 Å². The van der Waals surface area contributed by atoms with Gasteiger partial charge in [-0.05, 0) is 51.4 Å². The molecular weight excluding hydrogens is 621 g/mol. The maximum atomic E-state index is 10.2. The molecule has 0 radical (unpaired) electrons. The monoisotopic (exact) mass is 697 g/mol. The molecule has 3 N–H and O–H groups in total. The molecule has 0 amide bonds. The normalized spacial score (nSPS) is 10.7. The Kier molecular flexibility index (Phi) is 57.3. The van der Waals surface area contributed by atoms with E-state index in [-0.39, 0.29) is 63.8 Å². The van der Waals surface area contributed by atoms with Gasteiger partial charge in [0.05, 0.1) is 13.2 Å². The van der Waals surface area contributed by atoms with Crippen molar-refractivity contribution < 1.29 is 35.1 Å². The number of hydrogen-bond acceptors (Lipinski definition) is 7. The fourth-order valence-corrected chi connectivity index (χ4v) is 5.04. The summed E-state index contributed by atoms with van der Waals surface area (Å²) < 4.78 is 0. The Balaban J connectivity index is -0.000000329. The molecule has 0 aromatic carbocycles. The number of unbranched alkanes of at least 4 members (excludes halogenated alkanes) is 25. The molecule has 47 heavy (non-hydrogen) atoms. The van der Waals surface area contributed by atoms with Crippen molar-refractivity contribution in [2.75, 3.05) is 13.2 Å². The quantitative estimate of drug-likeness (QED) is 0.0362. The number of aliphatic hydroxyl groups excluding tert-OH is 3. The van der Waals surface area contributed by atoms with Gasteiger partial charge in [0.1, 0.15) is 6.10 Å². The summed E-state index contributed by atoms with van der Waals surface area (Å²) in [6.45, 7) is 3.79. The average molecular weight is 697 g/mol. The topological polar surface area (TPSA) is 141 Å². The molecule has 8 heteroatoms. The first kappa shape index (κ1) is 53.6. The number of aliphatic carboxylic acids is 2. The van der Waals surface area contributed by atoms with Crippen molar-refractivity contribution in [3.63, 3.8) is 0 Å². The van der Waals surface area contributed by atoms with Crippen LogP contribution in [0.15, 0.2) is 12.2 Å². The summed E-state index contributed by atoms with van der Waals surface area (Å²) in [5, 5.41) is 44.5. The third-order valence-electron chi connectivity index (χ3n) is 8.05. The Hall–Kier alpha value is -0.180. The Morgan fingerprint density at radius 2 is 0.702 bits per heavy atom. The second-order valence-electron chi connectivity index (χ2n) is 12.8. The maximum Gasteiger partial charge on any atom is 2.00 e. The van der Waals surface area contributed by atoms with Crippen molar-refractivity contribution in [1.82, 2.24) is 0 Å². The van der Waals surface area contributed by atoms with Gasteiger partial charge in [-0.25, -0.2) is 0 Å². The zero-order valence-electron chi connectivity index (χ0n) is 31.0. The smallest absolute Gasteiger partial charge is 0.550 e. The molecule has 7 nitrogen and oxygen atoms in total. The van der Waals surface area contributed by atoms with Gasteiger partial charge in [0, 0.05) is 11.9 Å². The van der Waals surface area contributed by atoms with Gasteiger partial charge in [0.15, 0.2) is 0 Å². The molecule has 0 bridgehead atoms. The first-order valence-electron chi connectivity index (χ1n) is 19.3. The van der Waals surface area contributed by atoms with Crippen molar-refractivity contribution in [2.45, 2.75) is 213 Å². The van der Waals surface area contributed by atoms with Crippen LogP contribution in [0.5, 0.6) is 0 Å². The Bertz CT molecular complexity index is 612. The summed E-state index contributed by atoms with van der Waals surface area (Å²) in [4.78, 5) is 20.4. The molecule has 0 saturated heterocycles. The average Bonchev–Trinajstić information content (AvgIpc) is 3.04. The van der Waals surface area contributed by atoms with Crippen molar-refractivity contribution in [1.29, 1.82) is 0 Å². The van der Waals surface area contributed by atoms with Crippen LogP contribution in [-0.4, -0.2) is 84.3 Å². The van der Waals surface area contributed by atoms with Crippen molar-refractivity contribution in [2.24, 2.45) is 0 Å². The Morgan fingerprint density at radius 1 is 0.468 bits per heavy atom. The third-order valence-corrected chi connectivity index (χ3v) is 8.05. The van der Waals surface area contributed by atoms with Gasteiger partial charge in [-0.15, -0.1) is 0 Å². The SMILES string of the molecule is CCCCCCCCC=CCCCCCCCC(=O)[O-].CCCCCCCCCCCCCCCCCC(=O)[O-].OCC(O)CO.[Ca+2]. The fraction of sp³-hybridized carbons (Fsp3) is 0.897. The van der Waals surface area contributed by atoms with Crippen LogP contribution in [0, 0.1) is 0 Å². The van der Waals surface area contributed by atoms with E-state index in [1.54, 1.807) is 0 Å². The molecule has 276 valence electrons. The molecule has 0 fully saturated rings. The Labute approximate surface area is 320 Å². The van der Waals surface area contributed by atoms with Crippen LogP contribution in [0.4, 0.5) is 0 Å². The molecule has 0 aliphatic carbocycles. The van der Waals surface area contributed by atoms with E-state index in [0.29, 0.717) is 0 Å². The number of carbonyl (C=O) groups is 2. The van der Waals surface area contributed by atoms with Crippen LogP contribution in [0.3, 0.4) is 0 Å². The third kappa shape index (κ3) is 61.5. The molecule has 0 heterocycles. The summed E-state index contributed by atoms with van der Waals surface area (Å²) in [5.74, 6) is -1.82. The minimum absolute atomic E-state index is 0. The summed E-state index contributed by atoms with van der Waals surface area (Å²) in [6.07, 6.45) is 39.8. The van der Waals surface area contributed by atoms with E-state index in [9.17, 15) is 19.8 Å². The molecular formula is C39H76CaO7. The molecule has 0 unspecified atom stereocenters. The van der Waals surface area contributed by atoms with Crippen LogP contribution in [-0.2, 0) is 9.59 Å². The zero-order chi connectivity index (χ0) is 34.8. The van der Waals surface area contributed by atoms with E-state index in [1.807, 2.05) is 0 Å². The van der Waals surface area contributed by atoms with E-state index in [4.69, 9.17) is 15.3 Å². The summed E-state index contributed by atoms with van der Waals surface area (Å²) in [5.41, 5.74) is 0. The minimum Gasteiger partial charge on any atom is -0.550 e. The van der Waals surface area contributed by atoms with E-state index in [1.165, 1.54) is 148 Å². The van der Waals surface area contributed by atoms with Crippen molar-refractivity contribution >= 4 is 49.7 Å². The van der Waals surface area contributed by atoms with Gasteiger partial charge in [0.2, 0.25) is 0 Å². The molecule has 0 aromatic heterocycles. The Morgan fingerprint density at radius 3 is 0.915 bits per heavy atom. The molecule has 0 aliphatic rings. The van der Waals surface area contributed by atoms with Crippen LogP contribution in [0.1, 0.15) is 206 Å². The minimum atomic E-state index is -0.954. The number of carbonyl (C=O) groups excluding carboxylic acids is 2. The first-order valence-corrected chi connectivity index (χ1v) is 19.3. The number of carboxylic acid groups (broad SMARTS) is 2. The zero-order valence-corrected chi connectivity index (χ0v) is 33.2. The number of carboxylic acids is 2. The predicted molar refractivity (Wildman–Crippen MR) is 195 cm³/mol. The van der Waals surface area contributed by atoms with Crippen molar-refractivity contribution in [3.8, 4) is 0 Å². The standard InChI is InChI=1S/C18H36O2.C18H34O2.C3H8O3.Ca/c2*1-2-3-4-5-6-7-8-9-10-11-12-13-14-15-16-17-18(19)20;4-1-3(6)2-5;/h2-17H2,1H3,(H,19,20);9-10H,2-8,11-17H2,1H3,(H,19,20);3-6H,1-2H2;/q;;;+2/p-2. The van der Waals surface area contributed by atoms with Crippen LogP contribution in [0.25, 0.3) is 0 Å². The van der Waals surface area contributed by atoms with Crippen LogP contribution >= 0.6 is 0 Å². The van der Waals surface area contributed by atoms with E-state index < -0.39 is 18.0 Å². The second-order valence-corrected chi connectivity index (χ2v) is 12.8. The van der Waals surface area contributed by atoms with Gasteiger partial charge in [-0.2, -0.15) is 0 Å². The molecule has 0 aromatic rings. The largest absolute Gasteiger partial charge is 2.00 e. The van der Waals surface area contributed by atoms with E-state index in [2.05, 4.69) is 26.0 Å². The van der Waals surface area contributed by atoms with E-state index >= 15 is 0 Å². The number of aliphatic hydroxyl groups is 3. The molecule has 0 spiro atoms. The van der Waals surface area contributed by atoms with Gasteiger partial charge in [-0.1, -0.05) is 167 Å². The number of rotatable bonds is 33. The predicted octanol–water partition coefficient (Wildman–Crippen LogP) is 7.72. The molecule has 0 atom stereocenters. The van der Waals surface area contributed by atoms with Gasteiger partial charge < -0.3 is 35.1 Å². The number of allylic oxidation sites excluding steroid dienone is 2.